The van der Waals surface area contributed by atoms with Gasteiger partial charge in [0.15, 0.2) is 17.8 Å². The summed E-state index contributed by atoms with van der Waals surface area (Å²) in [5.74, 6) is -3.52. The summed E-state index contributed by atoms with van der Waals surface area (Å²) in [5, 5.41) is 61.1. The van der Waals surface area contributed by atoms with Crippen LogP contribution in [0.3, 0.4) is 0 Å². The summed E-state index contributed by atoms with van der Waals surface area (Å²) in [6.07, 6.45) is -6.81. The van der Waals surface area contributed by atoms with Crippen LogP contribution < -0.4 is 9.47 Å². The predicted octanol–water partition coefficient (Wildman–Crippen LogP) is -0.332. The molecule has 9 unspecified atom stereocenters. The zero-order valence-corrected chi connectivity index (χ0v) is 22.2. The van der Waals surface area contributed by atoms with Crippen molar-refractivity contribution in [1.29, 1.82) is 0 Å². The fraction of sp³-hybridized carbons (Fsp3) is 0.481. The quantitative estimate of drug-likeness (QED) is 0.125. The first-order valence-corrected chi connectivity index (χ1v) is 12.6. The van der Waals surface area contributed by atoms with Gasteiger partial charge in [-0.3, -0.25) is 0 Å². The van der Waals surface area contributed by atoms with Crippen molar-refractivity contribution >= 4 is 18.0 Å². The number of aliphatic hydroxyl groups is 4. The molecule has 14 heteroatoms. The van der Waals surface area contributed by atoms with Gasteiger partial charge in [0.25, 0.3) is 0 Å². The summed E-state index contributed by atoms with van der Waals surface area (Å²) in [6, 6.07) is 2.92. The van der Waals surface area contributed by atoms with Gasteiger partial charge < -0.3 is 59.1 Å². The maximum atomic E-state index is 12.4. The Balaban J connectivity index is 1.41. The Morgan fingerprint density at radius 3 is 2.32 bits per heavy atom. The lowest BCUT2D eigenvalue weighted by Gasteiger charge is -2.42. The van der Waals surface area contributed by atoms with Crippen LogP contribution in [0.5, 0.6) is 17.2 Å². The number of aromatic hydroxyl groups is 1. The van der Waals surface area contributed by atoms with Crippen LogP contribution in [0, 0.1) is 11.8 Å². The molecule has 2 aliphatic heterocycles. The van der Waals surface area contributed by atoms with Crippen LogP contribution in [-0.4, -0.2) is 107 Å². The van der Waals surface area contributed by atoms with E-state index < -0.39 is 73.5 Å². The third-order valence-corrected chi connectivity index (χ3v) is 7.28. The summed E-state index contributed by atoms with van der Waals surface area (Å²) < 4.78 is 32.1. The summed E-state index contributed by atoms with van der Waals surface area (Å²) >= 11 is 0. The topological polar surface area (TPSA) is 211 Å². The first kappa shape index (κ1) is 30.3. The zero-order chi connectivity index (χ0) is 30.0. The van der Waals surface area contributed by atoms with Gasteiger partial charge in [-0.05, 0) is 35.8 Å². The number of carboxylic acids is 1. The van der Waals surface area contributed by atoms with Gasteiger partial charge in [0.05, 0.1) is 38.1 Å². The van der Waals surface area contributed by atoms with E-state index in [9.17, 15) is 40.2 Å². The Morgan fingerprint density at radius 1 is 1.05 bits per heavy atom. The van der Waals surface area contributed by atoms with Crippen molar-refractivity contribution in [3.63, 3.8) is 0 Å². The Labute approximate surface area is 234 Å². The average Bonchev–Trinajstić information content (AvgIpc) is 3.25. The minimum Gasteiger partial charge on any atom is -0.502 e. The third-order valence-electron chi connectivity index (χ3n) is 7.28. The first-order valence-electron chi connectivity index (χ1n) is 12.6. The van der Waals surface area contributed by atoms with Gasteiger partial charge in [-0.2, -0.15) is 0 Å². The SMILES string of the molecule is C=C1C(O)CC2C(C(=O)O)=COC(OC3OC(COC(=O)C=Cc4cc(OC)c(O)c(OC)c4)C(O)C(O)C3O)C12. The molecule has 0 aromatic heterocycles. The van der Waals surface area contributed by atoms with Crippen LogP contribution in [0.25, 0.3) is 6.08 Å². The van der Waals surface area contributed by atoms with Gasteiger partial charge >= 0.3 is 11.9 Å². The van der Waals surface area contributed by atoms with Crippen LogP contribution >= 0.6 is 0 Å². The zero-order valence-electron chi connectivity index (χ0n) is 22.2. The van der Waals surface area contributed by atoms with Gasteiger partial charge in [0.2, 0.25) is 12.0 Å². The summed E-state index contributed by atoms with van der Waals surface area (Å²) in [6.45, 7) is 3.28. The first-order chi connectivity index (χ1) is 19.5. The highest BCUT2D eigenvalue weighted by Gasteiger charge is 2.52. The molecule has 0 spiro atoms. The summed E-state index contributed by atoms with van der Waals surface area (Å²) in [7, 11) is 2.70. The Bertz CT molecular complexity index is 1200. The second-order valence-electron chi connectivity index (χ2n) is 9.73. The molecule has 9 atom stereocenters. The number of phenolic OH excluding ortho intramolecular Hbond substituents is 1. The second-order valence-corrected chi connectivity index (χ2v) is 9.73. The normalized spacial score (nSPS) is 33.1. The third kappa shape index (κ3) is 6.17. The molecule has 1 saturated heterocycles. The van der Waals surface area contributed by atoms with Crippen molar-refractivity contribution in [2.24, 2.45) is 11.8 Å². The molecule has 1 aliphatic carbocycles. The molecule has 1 saturated carbocycles. The number of hydrogen-bond acceptors (Lipinski definition) is 13. The lowest BCUT2D eigenvalue weighted by atomic mass is 9.85. The Morgan fingerprint density at radius 2 is 1.71 bits per heavy atom. The van der Waals surface area contributed by atoms with Crippen LogP contribution in [-0.2, 0) is 28.5 Å². The molecule has 2 fully saturated rings. The summed E-state index contributed by atoms with van der Waals surface area (Å²) in [4.78, 5) is 24.0. The molecule has 0 amide bonds. The van der Waals surface area contributed by atoms with E-state index in [-0.39, 0.29) is 34.8 Å². The number of carbonyl (C=O) groups excluding carboxylic acids is 1. The van der Waals surface area contributed by atoms with Crippen LogP contribution in [0.2, 0.25) is 0 Å². The Hall–Kier alpha value is -3.66. The molecule has 41 heavy (non-hydrogen) atoms. The van der Waals surface area contributed by atoms with Crippen LogP contribution in [0.15, 0.2) is 42.2 Å². The van der Waals surface area contributed by atoms with E-state index in [1.54, 1.807) is 0 Å². The molecule has 0 bridgehead atoms. The smallest absolute Gasteiger partial charge is 0.334 e. The van der Waals surface area contributed by atoms with Gasteiger partial charge in [-0.1, -0.05) is 6.58 Å². The number of methoxy groups -OCH3 is 2. The van der Waals surface area contributed by atoms with Crippen molar-refractivity contribution < 1.29 is 68.6 Å². The molecule has 6 N–H and O–H groups in total. The molecule has 4 rings (SSSR count). The molecule has 2 heterocycles. The number of carboxylic acid groups (broad SMARTS) is 1. The number of ether oxygens (including phenoxy) is 6. The highest BCUT2D eigenvalue weighted by Crippen LogP contribution is 2.46. The van der Waals surface area contributed by atoms with E-state index in [0.717, 1.165) is 12.3 Å². The van der Waals surface area contributed by atoms with E-state index in [1.807, 2.05) is 0 Å². The number of hydrogen-bond donors (Lipinski definition) is 6. The minimum atomic E-state index is -1.76. The number of fused-ring (bicyclic) bond motifs is 1. The lowest BCUT2D eigenvalue weighted by Crippen LogP contribution is -2.60. The minimum absolute atomic E-state index is 0.0739. The monoisotopic (exact) mass is 580 g/mol. The van der Waals surface area contributed by atoms with E-state index in [1.165, 1.54) is 32.4 Å². The van der Waals surface area contributed by atoms with Gasteiger partial charge in [-0.25, -0.2) is 9.59 Å². The molecule has 224 valence electrons. The molecular weight excluding hydrogens is 548 g/mol. The van der Waals surface area contributed by atoms with Crippen LogP contribution in [0.1, 0.15) is 12.0 Å². The van der Waals surface area contributed by atoms with Crippen molar-refractivity contribution in [3.8, 4) is 17.2 Å². The molecule has 14 nitrogen and oxygen atoms in total. The second kappa shape index (κ2) is 12.5. The summed E-state index contributed by atoms with van der Waals surface area (Å²) in [5.41, 5.74) is 0.646. The van der Waals surface area contributed by atoms with Crippen molar-refractivity contribution in [2.75, 3.05) is 20.8 Å². The maximum absolute atomic E-state index is 12.4. The van der Waals surface area contributed by atoms with Crippen molar-refractivity contribution in [2.45, 2.75) is 49.5 Å². The molecular formula is C27H32O14. The van der Waals surface area contributed by atoms with E-state index >= 15 is 0 Å². The molecule has 1 aromatic carbocycles. The van der Waals surface area contributed by atoms with E-state index in [2.05, 4.69) is 6.58 Å². The largest absolute Gasteiger partial charge is 0.502 e. The van der Waals surface area contributed by atoms with Crippen molar-refractivity contribution in [1.82, 2.24) is 0 Å². The molecule has 3 aliphatic rings. The Kier molecular flexibility index (Phi) is 9.21. The predicted molar refractivity (Wildman–Crippen MR) is 136 cm³/mol. The molecule has 0 radical (unpaired) electrons. The lowest BCUT2D eigenvalue weighted by molar-refractivity contribution is -0.339. The molecule has 1 aromatic rings. The fourth-order valence-corrected chi connectivity index (χ4v) is 5.03. The standard InChI is InChI=1S/C27H32O14/c1-11-15(28)8-13-14(25(34)35)9-39-26(20(11)13)41-27-24(33)23(32)22(31)18(40-27)10-38-19(29)5-4-12-6-16(36-2)21(30)17(7-12)37-3/h4-7,9,13,15,18,20,22-24,26-28,30-33H,1,8,10H2,2-3H3,(H,34,35). The van der Waals surface area contributed by atoms with Gasteiger partial charge in [0.1, 0.15) is 31.0 Å². The van der Waals surface area contributed by atoms with E-state index in [0.29, 0.717) is 5.56 Å². The van der Waals surface area contributed by atoms with E-state index in [4.69, 9.17) is 28.4 Å². The number of rotatable bonds is 9. The van der Waals surface area contributed by atoms with Gasteiger partial charge in [0, 0.05) is 12.0 Å². The average molecular weight is 581 g/mol. The maximum Gasteiger partial charge on any atom is 0.334 e. The number of carbonyl (C=O) groups is 2. The number of aliphatic hydroxyl groups excluding tert-OH is 4. The van der Waals surface area contributed by atoms with Gasteiger partial charge in [-0.15, -0.1) is 0 Å². The number of aliphatic carboxylic acids is 1. The number of esters is 1. The highest BCUT2D eigenvalue weighted by molar-refractivity contribution is 5.88. The fourth-order valence-electron chi connectivity index (χ4n) is 5.03. The number of phenols is 1. The highest BCUT2D eigenvalue weighted by atomic mass is 16.8. The van der Waals surface area contributed by atoms with Crippen LogP contribution in [0.4, 0.5) is 0 Å². The van der Waals surface area contributed by atoms with Crippen molar-refractivity contribution in [3.05, 3.63) is 47.8 Å². The number of benzene rings is 1.